The van der Waals surface area contributed by atoms with E-state index >= 15 is 0 Å². The van der Waals surface area contributed by atoms with Crippen molar-refractivity contribution in [3.63, 3.8) is 0 Å². The van der Waals surface area contributed by atoms with Gasteiger partial charge in [-0.25, -0.2) is 9.97 Å². The maximum Gasteiger partial charge on any atom is 0.274 e. The van der Waals surface area contributed by atoms with Gasteiger partial charge in [0, 0.05) is 36.9 Å². The molecule has 8 heteroatoms. The Morgan fingerprint density at radius 3 is 2.92 bits per heavy atom. The number of H-pyrrole nitrogens is 1. The molecule has 1 N–H and O–H groups in total. The molecule has 1 amide bonds. The van der Waals surface area contributed by atoms with Crippen molar-refractivity contribution < 1.29 is 4.79 Å². The Morgan fingerprint density at radius 2 is 2.12 bits per heavy atom. The van der Waals surface area contributed by atoms with Crippen molar-refractivity contribution in [2.75, 3.05) is 6.54 Å². The van der Waals surface area contributed by atoms with Gasteiger partial charge in [0.2, 0.25) is 5.78 Å². The summed E-state index contributed by atoms with van der Waals surface area (Å²) in [5.74, 6) is 0.317. The minimum Gasteiger partial charge on any atom is -0.329 e. The zero-order chi connectivity index (χ0) is 17.4. The molecule has 1 saturated heterocycles. The summed E-state index contributed by atoms with van der Waals surface area (Å²) in [6.45, 7) is 2.45. The lowest BCUT2D eigenvalue weighted by molar-refractivity contribution is 0.0599. The predicted molar refractivity (Wildman–Crippen MR) is 90.2 cm³/mol. The highest BCUT2D eigenvalue weighted by Crippen LogP contribution is 2.30. The van der Waals surface area contributed by atoms with Crippen LogP contribution in [0.15, 0.2) is 35.6 Å². The molecule has 1 aliphatic rings. The lowest BCUT2D eigenvalue weighted by Gasteiger charge is -2.35. The Balaban J connectivity index is 1.71. The van der Waals surface area contributed by atoms with Crippen molar-refractivity contribution in [1.29, 1.82) is 0 Å². The van der Waals surface area contributed by atoms with Gasteiger partial charge in [0.05, 0.1) is 17.9 Å². The number of aromatic nitrogens is 5. The number of piperidine rings is 1. The Labute approximate surface area is 143 Å². The number of hydrogen-bond donors (Lipinski definition) is 1. The van der Waals surface area contributed by atoms with E-state index in [1.54, 1.807) is 29.6 Å². The fourth-order valence-corrected chi connectivity index (χ4v) is 3.27. The molecule has 0 radical (unpaired) electrons. The van der Waals surface area contributed by atoms with Crippen LogP contribution in [0.2, 0.25) is 0 Å². The van der Waals surface area contributed by atoms with Gasteiger partial charge in [-0.2, -0.15) is 0 Å². The monoisotopic (exact) mass is 338 g/mol. The van der Waals surface area contributed by atoms with Gasteiger partial charge in [-0.3, -0.25) is 19.0 Å². The van der Waals surface area contributed by atoms with Crippen LogP contribution in [-0.4, -0.2) is 41.7 Å². The molecular weight excluding hydrogens is 320 g/mol. The Bertz CT molecular complexity index is 975. The topological polar surface area (TPSA) is 96.3 Å². The molecule has 3 aromatic heterocycles. The Hall–Kier alpha value is -3.03. The number of nitrogens with zero attached hydrogens (tertiary/aromatic N) is 5. The van der Waals surface area contributed by atoms with Gasteiger partial charge in [0.1, 0.15) is 5.69 Å². The first kappa shape index (κ1) is 15.5. The van der Waals surface area contributed by atoms with Crippen molar-refractivity contribution in [3.8, 4) is 0 Å². The fraction of sp³-hybridized carbons (Fsp3) is 0.353. The lowest BCUT2D eigenvalue weighted by Crippen LogP contribution is -2.39. The predicted octanol–water partition coefficient (Wildman–Crippen LogP) is 1.49. The van der Waals surface area contributed by atoms with E-state index in [2.05, 4.69) is 19.9 Å². The summed E-state index contributed by atoms with van der Waals surface area (Å²) in [5.41, 5.74) is 1.63. The molecule has 8 nitrogen and oxygen atoms in total. The number of nitrogens with one attached hydrogen (secondary N) is 1. The number of likely N-dealkylation sites (tertiary alicyclic amines) is 1. The number of carbonyl (C=O) groups is 1. The molecular formula is C17H18N6O2. The molecule has 0 aliphatic carbocycles. The summed E-state index contributed by atoms with van der Waals surface area (Å²) in [5, 5.41) is 0. The molecule has 0 aromatic carbocycles. The van der Waals surface area contributed by atoms with E-state index in [0.29, 0.717) is 23.7 Å². The van der Waals surface area contributed by atoms with E-state index in [-0.39, 0.29) is 17.5 Å². The quantitative estimate of drug-likeness (QED) is 0.763. The van der Waals surface area contributed by atoms with Crippen LogP contribution in [0, 0.1) is 6.92 Å². The highest BCUT2D eigenvalue weighted by molar-refractivity contribution is 5.92. The maximum atomic E-state index is 12.9. The zero-order valence-corrected chi connectivity index (χ0v) is 13.8. The molecule has 4 heterocycles. The molecule has 128 valence electrons. The normalized spacial score (nSPS) is 17.8. The maximum absolute atomic E-state index is 12.9. The van der Waals surface area contributed by atoms with Gasteiger partial charge in [-0.15, -0.1) is 0 Å². The second kappa shape index (κ2) is 6.12. The Kier molecular flexibility index (Phi) is 3.79. The van der Waals surface area contributed by atoms with Crippen molar-refractivity contribution in [2.45, 2.75) is 32.2 Å². The van der Waals surface area contributed by atoms with Gasteiger partial charge >= 0.3 is 0 Å². The minimum atomic E-state index is -0.196. The number of amides is 1. The van der Waals surface area contributed by atoms with Crippen LogP contribution in [0.1, 0.15) is 47.2 Å². The van der Waals surface area contributed by atoms with Gasteiger partial charge in [-0.05, 0) is 26.2 Å². The number of carbonyl (C=O) groups excluding carboxylic acids is 1. The molecule has 1 fully saturated rings. The first-order valence-corrected chi connectivity index (χ1v) is 8.29. The molecule has 0 spiro atoms. The van der Waals surface area contributed by atoms with Crippen LogP contribution in [0.25, 0.3) is 5.78 Å². The summed E-state index contributed by atoms with van der Waals surface area (Å²) < 4.78 is 1.45. The number of imidazole rings is 1. The summed E-state index contributed by atoms with van der Waals surface area (Å²) in [7, 11) is 0. The minimum absolute atomic E-state index is 0.158. The van der Waals surface area contributed by atoms with Gasteiger partial charge in [0.25, 0.3) is 11.5 Å². The second-order valence-corrected chi connectivity index (χ2v) is 6.24. The van der Waals surface area contributed by atoms with E-state index in [1.165, 1.54) is 10.6 Å². The summed E-state index contributed by atoms with van der Waals surface area (Å²) in [4.78, 5) is 42.6. The number of aromatic amines is 1. The van der Waals surface area contributed by atoms with Gasteiger partial charge in [0.15, 0.2) is 0 Å². The first-order chi connectivity index (χ1) is 12.1. The molecule has 0 unspecified atom stereocenters. The number of rotatable bonds is 2. The first-order valence-electron chi connectivity index (χ1n) is 8.29. The highest BCUT2D eigenvalue weighted by atomic mass is 16.2. The van der Waals surface area contributed by atoms with Crippen LogP contribution in [0.5, 0.6) is 0 Å². The molecule has 1 atom stereocenters. The van der Waals surface area contributed by atoms with Gasteiger partial charge in [-0.1, -0.05) is 0 Å². The van der Waals surface area contributed by atoms with Crippen LogP contribution in [0.4, 0.5) is 0 Å². The van der Waals surface area contributed by atoms with E-state index in [1.807, 2.05) is 6.92 Å². The van der Waals surface area contributed by atoms with E-state index < -0.39 is 0 Å². The van der Waals surface area contributed by atoms with Crippen LogP contribution >= 0.6 is 0 Å². The summed E-state index contributed by atoms with van der Waals surface area (Å²) >= 11 is 0. The molecule has 4 rings (SSSR count). The van der Waals surface area contributed by atoms with E-state index in [0.717, 1.165) is 25.0 Å². The van der Waals surface area contributed by atoms with Gasteiger partial charge < -0.3 is 9.88 Å². The third kappa shape index (κ3) is 2.79. The largest absolute Gasteiger partial charge is 0.329 e. The van der Waals surface area contributed by atoms with Crippen LogP contribution < -0.4 is 5.56 Å². The Morgan fingerprint density at radius 1 is 1.24 bits per heavy atom. The van der Waals surface area contributed by atoms with Crippen molar-refractivity contribution in [3.05, 3.63) is 58.3 Å². The third-order valence-corrected chi connectivity index (χ3v) is 4.54. The smallest absolute Gasteiger partial charge is 0.274 e. The van der Waals surface area contributed by atoms with E-state index in [4.69, 9.17) is 0 Å². The average Bonchev–Trinajstić information content (AvgIpc) is 3.11. The average molecular weight is 338 g/mol. The molecule has 3 aromatic rings. The van der Waals surface area contributed by atoms with Crippen LogP contribution in [0.3, 0.4) is 0 Å². The SMILES string of the molecule is Cc1cnc(C(=O)N2CCCC[C@@H]2c2cc(=O)n3ccnc3[nH]2)cn1. The number of fused-ring (bicyclic) bond motifs is 1. The number of hydrogen-bond acceptors (Lipinski definition) is 5. The molecule has 25 heavy (non-hydrogen) atoms. The second-order valence-electron chi connectivity index (χ2n) is 6.24. The standard InChI is InChI=1S/C17H18N6O2/c1-11-9-20-13(10-19-11)16(25)22-6-3-2-4-14(22)12-8-15(24)23-7-5-18-17(23)21-12/h5,7-10,14H,2-4,6H2,1H3,(H,18,21)/t14-/m1/s1. The van der Waals surface area contributed by atoms with Crippen molar-refractivity contribution >= 4 is 11.7 Å². The summed E-state index contributed by atoms with van der Waals surface area (Å²) in [6, 6.07) is 1.35. The fourth-order valence-electron chi connectivity index (χ4n) is 3.27. The highest BCUT2D eigenvalue weighted by Gasteiger charge is 2.30. The lowest BCUT2D eigenvalue weighted by atomic mass is 9.98. The number of aryl methyl sites for hydroxylation is 1. The molecule has 1 aliphatic heterocycles. The van der Waals surface area contributed by atoms with E-state index in [9.17, 15) is 9.59 Å². The zero-order valence-electron chi connectivity index (χ0n) is 13.8. The summed E-state index contributed by atoms with van der Waals surface area (Å²) in [6.07, 6.45) is 8.99. The van der Waals surface area contributed by atoms with Crippen LogP contribution in [-0.2, 0) is 0 Å². The van der Waals surface area contributed by atoms with Crippen molar-refractivity contribution in [2.24, 2.45) is 0 Å². The third-order valence-electron chi connectivity index (χ3n) is 4.54. The molecule has 0 saturated carbocycles. The van der Waals surface area contributed by atoms with Crippen molar-refractivity contribution in [1.82, 2.24) is 29.2 Å². The molecule has 0 bridgehead atoms.